The average molecular weight is 225 g/mol. The van der Waals surface area contributed by atoms with E-state index < -0.39 is 10.9 Å². The van der Waals surface area contributed by atoms with Crippen molar-refractivity contribution in [2.45, 2.75) is 12.8 Å². The number of benzene rings is 1. The monoisotopic (exact) mass is 225 g/mol. The molecule has 0 fully saturated rings. The highest BCUT2D eigenvalue weighted by Gasteiger charge is 2.23. The molecule has 0 amide bonds. The third kappa shape index (κ3) is 2.54. The number of aliphatic hydroxyl groups excluding tert-OH is 1. The highest BCUT2D eigenvalue weighted by Crippen LogP contribution is 2.24. The van der Waals surface area contributed by atoms with Gasteiger partial charge in [-0.25, -0.2) is 4.79 Å². The maximum Gasteiger partial charge on any atom is 0.342 e. The third-order valence-corrected chi connectivity index (χ3v) is 2.14. The summed E-state index contributed by atoms with van der Waals surface area (Å²) in [6, 6.07) is 4.16. The number of rotatable bonds is 5. The zero-order valence-corrected chi connectivity index (χ0v) is 8.42. The normalized spacial score (nSPS) is 10.1. The Kier molecular flexibility index (Phi) is 3.96. The first kappa shape index (κ1) is 12.1. The number of nitro benzene ring substituents is 1. The maximum atomic E-state index is 10.8. The minimum absolute atomic E-state index is 0.0888. The summed E-state index contributed by atoms with van der Waals surface area (Å²) in [7, 11) is 0. The first-order chi connectivity index (χ1) is 7.57. The van der Waals surface area contributed by atoms with E-state index in [1.807, 2.05) is 0 Å². The number of hydrogen-bond acceptors (Lipinski definition) is 4. The van der Waals surface area contributed by atoms with Crippen molar-refractivity contribution in [3.05, 3.63) is 39.4 Å². The fourth-order valence-corrected chi connectivity index (χ4v) is 1.45. The molecule has 0 aromatic heterocycles. The molecule has 0 heterocycles. The quantitative estimate of drug-likeness (QED) is 0.579. The molecule has 0 saturated carbocycles. The van der Waals surface area contributed by atoms with E-state index in [0.717, 1.165) is 0 Å². The average Bonchev–Trinajstić information content (AvgIpc) is 2.25. The van der Waals surface area contributed by atoms with Crippen LogP contribution in [0.5, 0.6) is 0 Å². The Morgan fingerprint density at radius 1 is 1.44 bits per heavy atom. The Labute approximate surface area is 91.3 Å². The first-order valence-corrected chi connectivity index (χ1v) is 4.68. The van der Waals surface area contributed by atoms with Crippen LogP contribution in [0.15, 0.2) is 18.2 Å². The lowest BCUT2D eigenvalue weighted by molar-refractivity contribution is -0.385. The summed E-state index contributed by atoms with van der Waals surface area (Å²) in [6.45, 7) is -0.0888. The van der Waals surface area contributed by atoms with Crippen LogP contribution in [0.4, 0.5) is 5.69 Å². The molecular weight excluding hydrogens is 214 g/mol. The summed E-state index contributed by atoms with van der Waals surface area (Å²) in [5.41, 5.74) is -0.372. The second kappa shape index (κ2) is 5.22. The van der Waals surface area contributed by atoms with Gasteiger partial charge in [-0.05, 0) is 18.9 Å². The topological polar surface area (TPSA) is 101 Å². The van der Waals surface area contributed by atoms with Gasteiger partial charge in [0, 0.05) is 12.2 Å². The smallest absolute Gasteiger partial charge is 0.342 e. The Balaban J connectivity index is 3.21. The lowest BCUT2D eigenvalue weighted by Crippen LogP contribution is -2.06. The van der Waals surface area contributed by atoms with Gasteiger partial charge in [-0.3, -0.25) is 10.1 Å². The molecule has 1 aromatic carbocycles. The van der Waals surface area contributed by atoms with E-state index in [1.165, 1.54) is 18.2 Å². The van der Waals surface area contributed by atoms with E-state index in [-0.39, 0.29) is 24.3 Å². The van der Waals surface area contributed by atoms with Crippen molar-refractivity contribution in [1.82, 2.24) is 0 Å². The summed E-state index contributed by atoms with van der Waals surface area (Å²) in [6.07, 6.45) is 0.651. The highest BCUT2D eigenvalue weighted by atomic mass is 16.6. The van der Waals surface area contributed by atoms with Gasteiger partial charge in [0.15, 0.2) is 0 Å². The van der Waals surface area contributed by atoms with Gasteiger partial charge in [0.05, 0.1) is 4.92 Å². The van der Waals surface area contributed by atoms with Gasteiger partial charge in [0.25, 0.3) is 5.69 Å². The van der Waals surface area contributed by atoms with Crippen LogP contribution in [0.2, 0.25) is 0 Å². The van der Waals surface area contributed by atoms with Crippen LogP contribution < -0.4 is 0 Å². The Morgan fingerprint density at radius 3 is 2.62 bits per heavy atom. The Bertz CT molecular complexity index is 416. The molecule has 6 nitrogen and oxygen atoms in total. The van der Waals surface area contributed by atoms with Gasteiger partial charge in [0.2, 0.25) is 0 Å². The van der Waals surface area contributed by atoms with Crippen LogP contribution >= 0.6 is 0 Å². The summed E-state index contributed by atoms with van der Waals surface area (Å²) >= 11 is 0. The van der Waals surface area contributed by atoms with Crippen LogP contribution in [-0.2, 0) is 6.42 Å². The largest absolute Gasteiger partial charge is 0.477 e. The van der Waals surface area contributed by atoms with Crippen molar-refractivity contribution in [2.75, 3.05) is 6.61 Å². The van der Waals surface area contributed by atoms with Crippen molar-refractivity contribution >= 4 is 11.7 Å². The number of hydrogen-bond donors (Lipinski definition) is 2. The van der Waals surface area contributed by atoms with E-state index >= 15 is 0 Å². The number of aliphatic hydroxyl groups is 1. The van der Waals surface area contributed by atoms with Gasteiger partial charge < -0.3 is 10.2 Å². The van der Waals surface area contributed by atoms with Crippen LogP contribution in [0.25, 0.3) is 0 Å². The molecule has 0 bridgehead atoms. The molecule has 6 heteroatoms. The molecule has 0 saturated heterocycles. The molecule has 16 heavy (non-hydrogen) atoms. The van der Waals surface area contributed by atoms with Gasteiger partial charge in [0.1, 0.15) is 5.56 Å². The predicted molar refractivity (Wildman–Crippen MR) is 55.5 cm³/mol. The van der Waals surface area contributed by atoms with Crippen molar-refractivity contribution in [3.8, 4) is 0 Å². The van der Waals surface area contributed by atoms with Gasteiger partial charge in [-0.15, -0.1) is 0 Å². The molecule has 1 aromatic rings. The van der Waals surface area contributed by atoms with Gasteiger partial charge >= 0.3 is 5.97 Å². The predicted octanol–water partition coefficient (Wildman–Crippen LogP) is 1.22. The standard InChI is InChI=1S/C10H11NO5/c12-6-2-4-7-3-1-5-8(10(13)14)9(7)11(15)16/h1,3,5,12H,2,4,6H2,(H,13,14). The van der Waals surface area contributed by atoms with Gasteiger partial charge in [-0.1, -0.05) is 12.1 Å². The maximum absolute atomic E-state index is 10.8. The zero-order valence-electron chi connectivity index (χ0n) is 8.42. The molecule has 0 aliphatic heterocycles. The second-order valence-corrected chi connectivity index (χ2v) is 3.20. The molecule has 0 atom stereocenters. The highest BCUT2D eigenvalue weighted by molar-refractivity contribution is 5.93. The molecule has 0 spiro atoms. The molecule has 0 unspecified atom stereocenters. The number of aromatic carboxylic acids is 1. The third-order valence-electron chi connectivity index (χ3n) is 2.14. The van der Waals surface area contributed by atoms with Crippen molar-refractivity contribution < 1.29 is 19.9 Å². The van der Waals surface area contributed by atoms with Crippen LogP contribution in [0.3, 0.4) is 0 Å². The molecule has 0 aliphatic carbocycles. The number of aryl methyl sites for hydroxylation is 1. The van der Waals surface area contributed by atoms with E-state index in [1.54, 1.807) is 0 Å². The van der Waals surface area contributed by atoms with Crippen molar-refractivity contribution in [3.63, 3.8) is 0 Å². The van der Waals surface area contributed by atoms with Crippen molar-refractivity contribution in [2.24, 2.45) is 0 Å². The molecule has 86 valence electrons. The molecule has 0 radical (unpaired) electrons. The summed E-state index contributed by atoms with van der Waals surface area (Å²) in [4.78, 5) is 20.9. The number of nitrogens with zero attached hydrogens (tertiary/aromatic N) is 1. The Morgan fingerprint density at radius 2 is 2.12 bits per heavy atom. The molecule has 0 aliphatic rings. The van der Waals surface area contributed by atoms with E-state index in [9.17, 15) is 14.9 Å². The Hall–Kier alpha value is -1.95. The molecule has 1 rings (SSSR count). The summed E-state index contributed by atoms with van der Waals surface area (Å²) in [5, 5.41) is 28.2. The minimum Gasteiger partial charge on any atom is -0.477 e. The lowest BCUT2D eigenvalue weighted by Gasteiger charge is -2.04. The van der Waals surface area contributed by atoms with E-state index in [4.69, 9.17) is 10.2 Å². The van der Waals surface area contributed by atoms with Crippen LogP contribution in [0.1, 0.15) is 22.3 Å². The summed E-state index contributed by atoms with van der Waals surface area (Å²) in [5.74, 6) is -1.32. The van der Waals surface area contributed by atoms with Crippen LogP contribution in [-0.4, -0.2) is 27.7 Å². The number of para-hydroxylation sites is 1. The molecular formula is C10H11NO5. The molecule has 2 N–H and O–H groups in total. The first-order valence-electron chi connectivity index (χ1n) is 4.68. The number of nitro groups is 1. The zero-order chi connectivity index (χ0) is 12.1. The fraction of sp³-hybridized carbons (Fsp3) is 0.300. The second-order valence-electron chi connectivity index (χ2n) is 3.20. The number of carbonyl (C=O) groups is 1. The van der Waals surface area contributed by atoms with E-state index in [2.05, 4.69) is 0 Å². The minimum atomic E-state index is -1.32. The lowest BCUT2D eigenvalue weighted by atomic mass is 10.0. The van der Waals surface area contributed by atoms with E-state index in [0.29, 0.717) is 12.0 Å². The van der Waals surface area contributed by atoms with Crippen molar-refractivity contribution in [1.29, 1.82) is 0 Å². The van der Waals surface area contributed by atoms with Crippen LogP contribution in [0, 0.1) is 10.1 Å². The van der Waals surface area contributed by atoms with Gasteiger partial charge in [-0.2, -0.15) is 0 Å². The number of carboxylic acids is 1. The SMILES string of the molecule is O=C(O)c1cccc(CCCO)c1[N+](=O)[O-]. The summed E-state index contributed by atoms with van der Waals surface area (Å²) < 4.78 is 0. The fourth-order valence-electron chi connectivity index (χ4n) is 1.45. The number of carboxylic acid groups (broad SMARTS) is 1.